The molecule has 1 saturated heterocycles. The van der Waals surface area contributed by atoms with E-state index in [4.69, 9.17) is 4.74 Å². The van der Waals surface area contributed by atoms with Crippen LogP contribution in [0.5, 0.6) is 0 Å². The molecule has 1 heterocycles. The maximum absolute atomic E-state index is 5.96. The summed E-state index contributed by atoms with van der Waals surface area (Å²) >= 11 is 0. The van der Waals surface area contributed by atoms with E-state index in [0.717, 1.165) is 0 Å². The van der Waals surface area contributed by atoms with Gasteiger partial charge in [0.25, 0.3) is 0 Å². The molecule has 1 nitrogen and oxygen atoms in total. The van der Waals surface area contributed by atoms with E-state index < -0.39 is 0 Å². The summed E-state index contributed by atoms with van der Waals surface area (Å²) < 4.78 is 5.96. The highest BCUT2D eigenvalue weighted by atomic mass is 16.6. The fourth-order valence-corrected chi connectivity index (χ4v) is 3.29. The topological polar surface area (TPSA) is 12.5 Å². The van der Waals surface area contributed by atoms with Crippen molar-refractivity contribution in [2.24, 2.45) is 5.41 Å². The number of ether oxygens (including phenoxy) is 1. The molecule has 2 unspecified atom stereocenters. The molecule has 1 aliphatic heterocycles. The Morgan fingerprint density at radius 3 is 2.72 bits per heavy atom. The van der Waals surface area contributed by atoms with Crippen LogP contribution in [0, 0.1) is 5.41 Å². The minimum absolute atomic E-state index is 0.322. The van der Waals surface area contributed by atoms with Crippen molar-refractivity contribution in [2.45, 2.75) is 66.1 Å². The van der Waals surface area contributed by atoms with Gasteiger partial charge in [-0.3, -0.25) is 0 Å². The predicted octanol–water partition coefficient (Wildman–Crippen LogP) is 4.80. The molecule has 18 heavy (non-hydrogen) atoms. The van der Waals surface area contributed by atoms with Gasteiger partial charge in [0.05, 0.1) is 0 Å². The highest BCUT2D eigenvalue weighted by molar-refractivity contribution is 5.35. The maximum Gasteiger partial charge on any atom is 0.110 e. The van der Waals surface area contributed by atoms with Crippen LogP contribution in [-0.4, -0.2) is 12.2 Å². The third-order valence-corrected chi connectivity index (χ3v) is 4.32. The van der Waals surface area contributed by atoms with Gasteiger partial charge >= 0.3 is 0 Å². The minimum Gasteiger partial charge on any atom is -0.360 e. The summed E-state index contributed by atoms with van der Waals surface area (Å²) in [7, 11) is 0. The number of hydrogen-bond acceptors (Lipinski definition) is 1. The molecule has 0 aromatic rings. The molecule has 0 bridgehead atoms. The normalized spacial score (nSPS) is 32.2. The number of epoxide rings is 1. The van der Waals surface area contributed by atoms with Gasteiger partial charge in [-0.1, -0.05) is 37.6 Å². The fraction of sp³-hybridized carbons (Fsp3) is 0.647. The van der Waals surface area contributed by atoms with Crippen LogP contribution < -0.4 is 0 Å². The SMILES string of the molecule is C/C=C/C=C(\C)C1OC1C1=C(C)CCCC1(C)C. The molecule has 1 aliphatic carbocycles. The average molecular weight is 246 g/mol. The Morgan fingerprint density at radius 2 is 2.11 bits per heavy atom. The lowest BCUT2D eigenvalue weighted by molar-refractivity contribution is 0.317. The molecule has 2 atom stereocenters. The highest BCUT2D eigenvalue weighted by Gasteiger charge is 2.48. The van der Waals surface area contributed by atoms with Gasteiger partial charge < -0.3 is 4.74 Å². The zero-order chi connectivity index (χ0) is 13.3. The Kier molecular flexibility index (Phi) is 3.82. The Balaban J connectivity index is 2.15. The molecule has 0 aromatic carbocycles. The zero-order valence-electron chi connectivity index (χ0n) is 12.4. The Labute approximate surface area is 112 Å². The summed E-state index contributed by atoms with van der Waals surface area (Å²) in [6, 6.07) is 0. The quantitative estimate of drug-likeness (QED) is 0.396. The highest BCUT2D eigenvalue weighted by Crippen LogP contribution is 2.49. The van der Waals surface area contributed by atoms with E-state index in [2.05, 4.69) is 45.9 Å². The van der Waals surface area contributed by atoms with Gasteiger partial charge in [0.1, 0.15) is 12.2 Å². The van der Waals surface area contributed by atoms with Crippen molar-refractivity contribution >= 4 is 0 Å². The lowest BCUT2D eigenvalue weighted by Crippen LogP contribution is -2.24. The second-order valence-electron chi connectivity index (χ2n) is 6.35. The van der Waals surface area contributed by atoms with Crippen molar-refractivity contribution in [1.29, 1.82) is 0 Å². The van der Waals surface area contributed by atoms with Crippen LogP contribution in [0.25, 0.3) is 0 Å². The summed E-state index contributed by atoms with van der Waals surface area (Å²) in [5, 5.41) is 0. The van der Waals surface area contributed by atoms with Crippen LogP contribution in [0.4, 0.5) is 0 Å². The molecule has 2 aliphatic rings. The molecular formula is C17H26O. The second kappa shape index (κ2) is 5.05. The van der Waals surface area contributed by atoms with Gasteiger partial charge in [0.15, 0.2) is 0 Å². The largest absolute Gasteiger partial charge is 0.360 e. The fourth-order valence-electron chi connectivity index (χ4n) is 3.29. The van der Waals surface area contributed by atoms with E-state index in [9.17, 15) is 0 Å². The third kappa shape index (κ3) is 2.61. The van der Waals surface area contributed by atoms with Crippen LogP contribution in [0.15, 0.2) is 34.9 Å². The molecule has 0 radical (unpaired) electrons. The summed E-state index contributed by atoms with van der Waals surface area (Å²) in [6.07, 6.45) is 10.9. The monoisotopic (exact) mass is 246 g/mol. The van der Waals surface area contributed by atoms with Gasteiger partial charge in [-0.25, -0.2) is 0 Å². The average Bonchev–Trinajstić information content (AvgIpc) is 3.04. The number of rotatable bonds is 3. The van der Waals surface area contributed by atoms with Gasteiger partial charge in [-0.05, 0) is 56.6 Å². The maximum atomic E-state index is 5.96. The Morgan fingerprint density at radius 1 is 1.39 bits per heavy atom. The summed E-state index contributed by atoms with van der Waals surface area (Å²) in [6.45, 7) is 11.3. The van der Waals surface area contributed by atoms with Crippen molar-refractivity contribution in [3.63, 3.8) is 0 Å². The van der Waals surface area contributed by atoms with Crippen LogP contribution in [0.3, 0.4) is 0 Å². The standard InChI is InChI=1S/C17H26O/c1-6-7-9-13(3)15-16(18-15)14-12(2)10-8-11-17(14,4)5/h6-7,9,15-16H,8,10-11H2,1-5H3/b7-6+,13-9+. The van der Waals surface area contributed by atoms with Crippen molar-refractivity contribution in [1.82, 2.24) is 0 Å². The first-order chi connectivity index (χ1) is 8.47. The van der Waals surface area contributed by atoms with Gasteiger partial charge in [0, 0.05) is 0 Å². The molecule has 0 spiro atoms. The number of allylic oxidation sites excluding steroid dienone is 4. The molecule has 100 valence electrons. The minimum atomic E-state index is 0.322. The molecule has 2 rings (SSSR count). The molecule has 0 saturated carbocycles. The lowest BCUT2D eigenvalue weighted by Gasteiger charge is -2.34. The van der Waals surface area contributed by atoms with E-state index in [-0.39, 0.29) is 0 Å². The first kappa shape index (κ1) is 13.6. The van der Waals surface area contributed by atoms with Crippen molar-refractivity contribution in [2.75, 3.05) is 0 Å². The smallest absolute Gasteiger partial charge is 0.110 e. The Bertz CT molecular complexity index is 409. The first-order valence-electron chi connectivity index (χ1n) is 7.12. The molecule has 1 heteroatoms. The van der Waals surface area contributed by atoms with Crippen LogP contribution >= 0.6 is 0 Å². The second-order valence-corrected chi connectivity index (χ2v) is 6.35. The van der Waals surface area contributed by atoms with E-state index in [0.29, 0.717) is 17.6 Å². The summed E-state index contributed by atoms with van der Waals surface area (Å²) in [5.74, 6) is 0. The van der Waals surface area contributed by atoms with Gasteiger partial charge in [0.2, 0.25) is 0 Å². The van der Waals surface area contributed by atoms with E-state index in [1.807, 2.05) is 6.92 Å². The Hall–Kier alpha value is -0.820. The number of hydrogen-bond donors (Lipinski definition) is 0. The van der Waals surface area contributed by atoms with Crippen LogP contribution in [0.1, 0.15) is 53.9 Å². The van der Waals surface area contributed by atoms with Crippen LogP contribution in [0.2, 0.25) is 0 Å². The molecular weight excluding hydrogens is 220 g/mol. The van der Waals surface area contributed by atoms with Gasteiger partial charge in [-0.2, -0.15) is 0 Å². The van der Waals surface area contributed by atoms with E-state index in [1.165, 1.54) is 24.8 Å². The summed E-state index contributed by atoms with van der Waals surface area (Å²) in [5.41, 5.74) is 4.81. The molecule has 0 aromatic heterocycles. The lowest BCUT2D eigenvalue weighted by atomic mass is 9.71. The van der Waals surface area contributed by atoms with Crippen molar-refractivity contribution in [3.05, 3.63) is 34.9 Å². The third-order valence-electron chi connectivity index (χ3n) is 4.32. The van der Waals surface area contributed by atoms with Gasteiger partial charge in [-0.15, -0.1) is 0 Å². The van der Waals surface area contributed by atoms with Crippen molar-refractivity contribution < 1.29 is 4.74 Å². The van der Waals surface area contributed by atoms with Crippen LogP contribution in [-0.2, 0) is 4.74 Å². The van der Waals surface area contributed by atoms with E-state index >= 15 is 0 Å². The first-order valence-corrected chi connectivity index (χ1v) is 7.12. The molecule has 1 fully saturated rings. The molecule has 0 N–H and O–H groups in total. The van der Waals surface area contributed by atoms with Crippen molar-refractivity contribution in [3.8, 4) is 0 Å². The predicted molar refractivity (Wildman–Crippen MR) is 77.6 cm³/mol. The van der Waals surface area contributed by atoms with E-state index in [1.54, 1.807) is 11.1 Å². The molecule has 0 amide bonds. The summed E-state index contributed by atoms with van der Waals surface area (Å²) in [4.78, 5) is 0. The zero-order valence-corrected chi connectivity index (χ0v) is 12.4.